The van der Waals surface area contributed by atoms with Crippen LogP contribution in [0.25, 0.3) is 0 Å². The minimum atomic E-state index is -0.218. The van der Waals surface area contributed by atoms with Gasteiger partial charge < -0.3 is 20.7 Å². The van der Waals surface area contributed by atoms with Crippen LogP contribution in [-0.4, -0.2) is 23.5 Å². The summed E-state index contributed by atoms with van der Waals surface area (Å²) in [6.07, 6.45) is 2.22. The summed E-state index contributed by atoms with van der Waals surface area (Å²) >= 11 is 0. The van der Waals surface area contributed by atoms with E-state index in [0.717, 1.165) is 5.76 Å². The van der Waals surface area contributed by atoms with Crippen LogP contribution < -0.4 is 11.1 Å². The molecule has 6 nitrogen and oxygen atoms in total. The van der Waals surface area contributed by atoms with Crippen LogP contribution in [0.1, 0.15) is 21.7 Å². The largest absolute Gasteiger partial charge is 0.469 e. The number of furan rings is 1. The van der Waals surface area contributed by atoms with E-state index < -0.39 is 0 Å². The van der Waals surface area contributed by atoms with Crippen molar-refractivity contribution in [1.29, 1.82) is 0 Å². The van der Waals surface area contributed by atoms with E-state index >= 15 is 0 Å². The molecule has 1 amide bonds. The number of oxime groups is 1. The molecule has 1 aromatic heterocycles. The zero-order chi connectivity index (χ0) is 14.4. The summed E-state index contributed by atoms with van der Waals surface area (Å²) in [7, 11) is 0. The Bertz CT molecular complexity index is 606. The molecule has 0 saturated carbocycles. The predicted molar refractivity (Wildman–Crippen MR) is 73.7 cm³/mol. The molecule has 2 rings (SSSR count). The number of nitrogens with zero attached hydrogens (tertiary/aromatic N) is 1. The summed E-state index contributed by atoms with van der Waals surface area (Å²) in [5.41, 5.74) is 6.43. The van der Waals surface area contributed by atoms with Crippen molar-refractivity contribution in [3.8, 4) is 0 Å². The Morgan fingerprint density at radius 2 is 2.10 bits per heavy atom. The number of amides is 1. The summed E-state index contributed by atoms with van der Waals surface area (Å²) in [4.78, 5) is 12.0. The Kier molecular flexibility index (Phi) is 4.39. The van der Waals surface area contributed by atoms with Crippen LogP contribution in [0.4, 0.5) is 0 Å². The number of hydrogen-bond donors (Lipinski definition) is 3. The third kappa shape index (κ3) is 3.38. The van der Waals surface area contributed by atoms with Gasteiger partial charge in [-0.05, 0) is 24.3 Å². The van der Waals surface area contributed by atoms with Crippen molar-refractivity contribution >= 4 is 11.7 Å². The van der Waals surface area contributed by atoms with E-state index in [9.17, 15) is 4.79 Å². The van der Waals surface area contributed by atoms with Crippen molar-refractivity contribution < 1.29 is 14.4 Å². The standard InChI is InChI=1S/C14H15N3O3/c15-13(17-19)10-3-1-4-11(9-10)14(18)16-7-6-12-5-2-8-20-12/h1-5,8-9,19H,6-7H2,(H2,15,17)(H,16,18). The lowest BCUT2D eigenvalue weighted by molar-refractivity contribution is 0.0953. The minimum absolute atomic E-state index is 0.0322. The highest BCUT2D eigenvalue weighted by Gasteiger charge is 2.07. The summed E-state index contributed by atoms with van der Waals surface area (Å²) in [5, 5.41) is 14.3. The molecule has 0 aliphatic rings. The van der Waals surface area contributed by atoms with E-state index in [4.69, 9.17) is 15.4 Å². The Labute approximate surface area is 115 Å². The van der Waals surface area contributed by atoms with Crippen LogP contribution >= 0.6 is 0 Å². The van der Waals surface area contributed by atoms with Crippen LogP contribution in [0.5, 0.6) is 0 Å². The fraction of sp³-hybridized carbons (Fsp3) is 0.143. The van der Waals surface area contributed by atoms with Crippen molar-refractivity contribution in [1.82, 2.24) is 5.32 Å². The topological polar surface area (TPSA) is 101 Å². The normalized spacial score (nSPS) is 11.3. The Balaban J connectivity index is 1.95. The summed E-state index contributed by atoms with van der Waals surface area (Å²) in [5.74, 6) is 0.565. The Hall–Kier alpha value is -2.76. The quantitative estimate of drug-likeness (QED) is 0.331. The summed E-state index contributed by atoms with van der Waals surface area (Å²) < 4.78 is 5.17. The zero-order valence-electron chi connectivity index (χ0n) is 10.7. The minimum Gasteiger partial charge on any atom is -0.469 e. The second-order valence-corrected chi connectivity index (χ2v) is 4.15. The Morgan fingerprint density at radius 1 is 1.30 bits per heavy atom. The fourth-order valence-electron chi connectivity index (χ4n) is 1.73. The molecule has 0 bridgehead atoms. The van der Waals surface area contributed by atoms with E-state index in [2.05, 4.69) is 10.5 Å². The van der Waals surface area contributed by atoms with Crippen LogP contribution in [0.2, 0.25) is 0 Å². The molecule has 0 saturated heterocycles. The van der Waals surface area contributed by atoms with Crippen LogP contribution in [0.3, 0.4) is 0 Å². The molecule has 2 aromatic rings. The fourth-order valence-corrected chi connectivity index (χ4v) is 1.73. The predicted octanol–water partition coefficient (Wildman–Crippen LogP) is 1.35. The number of amidine groups is 1. The molecule has 0 aliphatic carbocycles. The molecule has 4 N–H and O–H groups in total. The highest BCUT2D eigenvalue weighted by atomic mass is 16.4. The van der Waals surface area contributed by atoms with Gasteiger partial charge in [0.25, 0.3) is 5.91 Å². The number of benzene rings is 1. The number of rotatable bonds is 5. The SMILES string of the molecule is NC(=NO)c1cccc(C(=O)NCCc2ccco2)c1. The maximum Gasteiger partial charge on any atom is 0.251 e. The lowest BCUT2D eigenvalue weighted by Gasteiger charge is -2.05. The van der Waals surface area contributed by atoms with Gasteiger partial charge in [-0.25, -0.2) is 0 Å². The third-order valence-electron chi connectivity index (χ3n) is 2.77. The average Bonchev–Trinajstić information content (AvgIpc) is 2.99. The first kappa shape index (κ1) is 13.7. The molecule has 0 fully saturated rings. The zero-order valence-corrected chi connectivity index (χ0v) is 10.7. The molecule has 6 heteroatoms. The van der Waals surface area contributed by atoms with Crippen LogP contribution in [-0.2, 0) is 6.42 Å². The number of carbonyl (C=O) groups is 1. The van der Waals surface area contributed by atoms with Crippen LogP contribution in [0, 0.1) is 0 Å². The van der Waals surface area contributed by atoms with Gasteiger partial charge in [-0.15, -0.1) is 0 Å². The molecular formula is C14H15N3O3. The first-order valence-electron chi connectivity index (χ1n) is 6.09. The van der Waals surface area contributed by atoms with Gasteiger partial charge in [-0.3, -0.25) is 4.79 Å². The van der Waals surface area contributed by atoms with Crippen LogP contribution in [0.15, 0.2) is 52.2 Å². The van der Waals surface area contributed by atoms with Gasteiger partial charge in [0.1, 0.15) is 5.76 Å². The highest BCUT2D eigenvalue weighted by Crippen LogP contribution is 2.05. The summed E-state index contributed by atoms with van der Waals surface area (Å²) in [6.45, 7) is 0.472. The second kappa shape index (κ2) is 6.42. The molecule has 0 atom stereocenters. The molecule has 0 radical (unpaired) electrons. The number of hydrogen-bond acceptors (Lipinski definition) is 4. The van der Waals surface area contributed by atoms with Crippen molar-refractivity contribution in [3.63, 3.8) is 0 Å². The van der Waals surface area contributed by atoms with E-state index in [-0.39, 0.29) is 11.7 Å². The molecule has 104 valence electrons. The van der Waals surface area contributed by atoms with Gasteiger partial charge in [-0.1, -0.05) is 17.3 Å². The molecule has 0 unspecified atom stereocenters. The Morgan fingerprint density at radius 3 is 2.80 bits per heavy atom. The maximum atomic E-state index is 12.0. The lowest BCUT2D eigenvalue weighted by atomic mass is 10.1. The van der Waals surface area contributed by atoms with E-state index in [1.807, 2.05) is 6.07 Å². The number of nitrogens with one attached hydrogen (secondary N) is 1. The van der Waals surface area contributed by atoms with Gasteiger partial charge in [0.2, 0.25) is 0 Å². The molecular weight excluding hydrogens is 258 g/mol. The van der Waals surface area contributed by atoms with E-state index in [1.54, 1.807) is 36.6 Å². The summed E-state index contributed by atoms with van der Waals surface area (Å²) in [6, 6.07) is 10.2. The van der Waals surface area contributed by atoms with E-state index in [0.29, 0.717) is 24.1 Å². The molecule has 0 spiro atoms. The number of carbonyl (C=O) groups excluding carboxylic acids is 1. The van der Waals surface area contributed by atoms with Gasteiger partial charge in [0.05, 0.1) is 6.26 Å². The van der Waals surface area contributed by atoms with Gasteiger partial charge in [0, 0.05) is 24.1 Å². The third-order valence-corrected chi connectivity index (χ3v) is 2.77. The van der Waals surface area contributed by atoms with Crippen molar-refractivity contribution in [2.45, 2.75) is 6.42 Å². The average molecular weight is 273 g/mol. The van der Waals surface area contributed by atoms with Crippen molar-refractivity contribution in [2.75, 3.05) is 6.54 Å². The smallest absolute Gasteiger partial charge is 0.251 e. The molecule has 1 aromatic carbocycles. The van der Waals surface area contributed by atoms with Gasteiger partial charge >= 0.3 is 0 Å². The monoisotopic (exact) mass is 273 g/mol. The molecule has 20 heavy (non-hydrogen) atoms. The van der Waals surface area contributed by atoms with Gasteiger partial charge in [-0.2, -0.15) is 0 Å². The lowest BCUT2D eigenvalue weighted by Crippen LogP contribution is -2.26. The second-order valence-electron chi connectivity index (χ2n) is 4.15. The van der Waals surface area contributed by atoms with Crippen molar-refractivity contribution in [3.05, 3.63) is 59.5 Å². The molecule has 1 heterocycles. The maximum absolute atomic E-state index is 12.0. The highest BCUT2D eigenvalue weighted by molar-refractivity contribution is 6.01. The van der Waals surface area contributed by atoms with Crippen molar-refractivity contribution in [2.24, 2.45) is 10.9 Å². The first-order chi connectivity index (χ1) is 9.70. The van der Waals surface area contributed by atoms with E-state index in [1.165, 1.54) is 0 Å². The first-order valence-corrected chi connectivity index (χ1v) is 6.09. The molecule has 0 aliphatic heterocycles. The van der Waals surface area contributed by atoms with Gasteiger partial charge in [0.15, 0.2) is 5.84 Å². The number of nitrogens with two attached hydrogens (primary N) is 1.